The predicted octanol–water partition coefficient (Wildman–Crippen LogP) is 1.68. The van der Waals surface area contributed by atoms with E-state index in [0.29, 0.717) is 6.54 Å². The van der Waals surface area contributed by atoms with Crippen LogP contribution in [-0.2, 0) is 4.79 Å². The third kappa shape index (κ3) is 4.96. The van der Waals surface area contributed by atoms with Gasteiger partial charge in [0.2, 0.25) is 5.91 Å². The Morgan fingerprint density at radius 3 is 2.57 bits per heavy atom. The first kappa shape index (κ1) is 16.8. The van der Waals surface area contributed by atoms with Crippen molar-refractivity contribution < 1.29 is 19.5 Å². The number of aromatic carboxylic acids is 1. The lowest BCUT2D eigenvalue weighted by Gasteiger charge is -2.14. The summed E-state index contributed by atoms with van der Waals surface area (Å²) in [5.41, 5.74) is 0.142. The summed E-state index contributed by atoms with van der Waals surface area (Å²) >= 11 is 5.73. The van der Waals surface area contributed by atoms with Crippen molar-refractivity contribution in [3.05, 3.63) is 28.8 Å². The van der Waals surface area contributed by atoms with E-state index in [-0.39, 0.29) is 22.2 Å². The summed E-state index contributed by atoms with van der Waals surface area (Å²) in [5, 5.41) is 16.5. The van der Waals surface area contributed by atoms with Crippen molar-refractivity contribution in [2.75, 3.05) is 11.9 Å². The molecule has 0 saturated heterocycles. The van der Waals surface area contributed by atoms with Crippen LogP contribution in [0.25, 0.3) is 0 Å². The second-order valence-corrected chi connectivity index (χ2v) is 4.62. The van der Waals surface area contributed by atoms with Gasteiger partial charge in [0.25, 0.3) is 0 Å². The molecule has 1 unspecified atom stereocenters. The van der Waals surface area contributed by atoms with Crippen LogP contribution in [0.5, 0.6) is 0 Å². The molecule has 1 aromatic rings. The fourth-order valence-electron chi connectivity index (χ4n) is 1.52. The van der Waals surface area contributed by atoms with Crippen LogP contribution < -0.4 is 16.0 Å². The summed E-state index contributed by atoms with van der Waals surface area (Å²) in [4.78, 5) is 34.1. The lowest BCUT2D eigenvalue weighted by atomic mass is 10.2. The van der Waals surface area contributed by atoms with Crippen molar-refractivity contribution in [1.82, 2.24) is 10.6 Å². The minimum atomic E-state index is -1.19. The minimum Gasteiger partial charge on any atom is -0.478 e. The molecule has 0 spiro atoms. The van der Waals surface area contributed by atoms with Crippen LogP contribution in [0.2, 0.25) is 5.02 Å². The molecule has 0 heterocycles. The Bertz CT molecular complexity index is 562. The maximum Gasteiger partial charge on any atom is 0.337 e. The zero-order valence-electron chi connectivity index (χ0n) is 11.6. The molecule has 1 atom stereocenters. The molecule has 7 nitrogen and oxygen atoms in total. The number of likely N-dealkylation sites (N-methyl/N-ethyl adjacent to an activating group) is 1. The number of nitrogens with one attached hydrogen (secondary N) is 3. The zero-order valence-corrected chi connectivity index (χ0v) is 12.3. The molecular formula is C13H16ClN3O4. The summed E-state index contributed by atoms with van der Waals surface area (Å²) in [5.74, 6) is -1.50. The van der Waals surface area contributed by atoms with Gasteiger partial charge in [-0.3, -0.25) is 4.79 Å². The summed E-state index contributed by atoms with van der Waals surface area (Å²) in [7, 11) is 0. The van der Waals surface area contributed by atoms with E-state index in [1.807, 2.05) is 0 Å². The molecule has 0 aromatic heterocycles. The van der Waals surface area contributed by atoms with E-state index in [0.717, 1.165) is 0 Å². The van der Waals surface area contributed by atoms with Gasteiger partial charge < -0.3 is 21.1 Å². The predicted molar refractivity (Wildman–Crippen MR) is 78.7 cm³/mol. The molecule has 1 rings (SSSR count). The Labute approximate surface area is 126 Å². The highest BCUT2D eigenvalue weighted by atomic mass is 35.5. The van der Waals surface area contributed by atoms with Crippen molar-refractivity contribution in [2.24, 2.45) is 0 Å². The van der Waals surface area contributed by atoms with Gasteiger partial charge in [0.05, 0.1) is 10.6 Å². The number of carbonyl (C=O) groups is 3. The molecule has 21 heavy (non-hydrogen) atoms. The number of hydrogen-bond donors (Lipinski definition) is 4. The van der Waals surface area contributed by atoms with Gasteiger partial charge in [-0.15, -0.1) is 0 Å². The Hall–Kier alpha value is -2.28. The van der Waals surface area contributed by atoms with Gasteiger partial charge in [0.1, 0.15) is 6.04 Å². The Morgan fingerprint density at radius 2 is 2.00 bits per heavy atom. The Morgan fingerprint density at radius 1 is 1.33 bits per heavy atom. The number of hydrogen-bond acceptors (Lipinski definition) is 3. The molecule has 0 radical (unpaired) electrons. The highest BCUT2D eigenvalue weighted by molar-refractivity contribution is 6.33. The number of urea groups is 1. The smallest absolute Gasteiger partial charge is 0.337 e. The fraction of sp³-hybridized carbons (Fsp3) is 0.308. The number of carboxylic acid groups (broad SMARTS) is 1. The molecule has 1 aromatic carbocycles. The molecule has 3 amide bonds. The number of rotatable bonds is 5. The molecule has 0 aliphatic carbocycles. The molecule has 0 fully saturated rings. The highest BCUT2D eigenvalue weighted by Crippen LogP contribution is 2.20. The molecule has 114 valence electrons. The van der Waals surface area contributed by atoms with Crippen molar-refractivity contribution in [2.45, 2.75) is 19.9 Å². The monoisotopic (exact) mass is 313 g/mol. The Balaban J connectivity index is 2.69. The molecule has 0 bridgehead atoms. The number of anilines is 1. The number of carbonyl (C=O) groups excluding carboxylic acids is 2. The standard InChI is InChI=1S/C13H16ClN3O4/c1-3-15-11(18)7(2)16-13(21)17-8-4-5-10(14)9(6-8)12(19)20/h4-7H,3H2,1-2H3,(H,15,18)(H,19,20)(H2,16,17,21). The number of benzene rings is 1. The second-order valence-electron chi connectivity index (χ2n) is 4.21. The maximum absolute atomic E-state index is 11.7. The number of halogens is 1. The van der Waals surface area contributed by atoms with Gasteiger partial charge in [-0.25, -0.2) is 9.59 Å². The summed E-state index contributed by atoms with van der Waals surface area (Å²) < 4.78 is 0. The average molecular weight is 314 g/mol. The van der Waals surface area contributed by atoms with Gasteiger partial charge >= 0.3 is 12.0 Å². The van der Waals surface area contributed by atoms with E-state index in [1.165, 1.54) is 25.1 Å². The van der Waals surface area contributed by atoms with Crippen LogP contribution in [-0.4, -0.2) is 35.6 Å². The van der Waals surface area contributed by atoms with Crippen LogP contribution in [0.3, 0.4) is 0 Å². The first-order valence-electron chi connectivity index (χ1n) is 6.23. The van der Waals surface area contributed by atoms with Crippen LogP contribution >= 0.6 is 11.6 Å². The van der Waals surface area contributed by atoms with E-state index in [2.05, 4.69) is 16.0 Å². The average Bonchev–Trinajstić information content (AvgIpc) is 2.40. The van der Waals surface area contributed by atoms with Crippen LogP contribution in [0.15, 0.2) is 18.2 Å². The molecule has 8 heteroatoms. The molecule has 0 aliphatic rings. The summed E-state index contributed by atoms with van der Waals surface area (Å²) in [6.45, 7) is 3.77. The van der Waals surface area contributed by atoms with Crippen LogP contribution in [0.4, 0.5) is 10.5 Å². The first-order chi connectivity index (χ1) is 9.85. The van der Waals surface area contributed by atoms with E-state index >= 15 is 0 Å². The van der Waals surface area contributed by atoms with Gasteiger partial charge in [-0.1, -0.05) is 11.6 Å². The lowest BCUT2D eigenvalue weighted by Crippen LogP contribution is -2.46. The van der Waals surface area contributed by atoms with Crippen molar-refractivity contribution in [3.8, 4) is 0 Å². The van der Waals surface area contributed by atoms with E-state index in [9.17, 15) is 14.4 Å². The number of carboxylic acids is 1. The van der Waals surface area contributed by atoms with Crippen molar-refractivity contribution in [1.29, 1.82) is 0 Å². The van der Waals surface area contributed by atoms with E-state index in [4.69, 9.17) is 16.7 Å². The van der Waals surface area contributed by atoms with Gasteiger partial charge in [-0.2, -0.15) is 0 Å². The first-order valence-corrected chi connectivity index (χ1v) is 6.61. The highest BCUT2D eigenvalue weighted by Gasteiger charge is 2.15. The van der Waals surface area contributed by atoms with Crippen LogP contribution in [0.1, 0.15) is 24.2 Å². The van der Waals surface area contributed by atoms with E-state index in [1.54, 1.807) is 6.92 Å². The van der Waals surface area contributed by atoms with Gasteiger partial charge in [-0.05, 0) is 32.0 Å². The summed E-state index contributed by atoms with van der Waals surface area (Å²) in [6.07, 6.45) is 0. The molecular weight excluding hydrogens is 298 g/mol. The van der Waals surface area contributed by atoms with Crippen molar-refractivity contribution in [3.63, 3.8) is 0 Å². The largest absolute Gasteiger partial charge is 0.478 e. The topological polar surface area (TPSA) is 108 Å². The zero-order chi connectivity index (χ0) is 16.0. The number of amides is 3. The summed E-state index contributed by atoms with van der Waals surface area (Å²) in [6, 6.07) is 2.74. The molecule has 0 aliphatic heterocycles. The van der Waals surface area contributed by atoms with Crippen molar-refractivity contribution >= 4 is 35.2 Å². The fourth-order valence-corrected chi connectivity index (χ4v) is 1.72. The lowest BCUT2D eigenvalue weighted by molar-refractivity contribution is -0.122. The molecule has 4 N–H and O–H groups in total. The second kappa shape index (κ2) is 7.49. The van der Waals surface area contributed by atoms with Crippen LogP contribution in [0, 0.1) is 0 Å². The Kier molecular flexibility index (Phi) is 5.98. The quantitative estimate of drug-likeness (QED) is 0.663. The van der Waals surface area contributed by atoms with Gasteiger partial charge in [0, 0.05) is 12.2 Å². The van der Waals surface area contributed by atoms with Gasteiger partial charge in [0.15, 0.2) is 0 Å². The normalized spacial score (nSPS) is 11.4. The maximum atomic E-state index is 11.7. The minimum absolute atomic E-state index is 0.0733. The third-order valence-corrected chi connectivity index (χ3v) is 2.88. The molecule has 0 saturated carbocycles. The third-order valence-electron chi connectivity index (χ3n) is 2.55. The van der Waals surface area contributed by atoms with E-state index < -0.39 is 18.0 Å². The SMILES string of the molecule is CCNC(=O)C(C)NC(=O)Nc1ccc(Cl)c(C(=O)O)c1.